The molecule has 2 heterocycles. The molecule has 0 unspecified atom stereocenters. The highest BCUT2D eigenvalue weighted by atomic mass is 19.1. The number of nitrogens with one attached hydrogen (secondary N) is 1. The largest absolute Gasteiger partial charge is 0.345 e. The highest BCUT2D eigenvalue weighted by Crippen LogP contribution is 2.26. The molecule has 0 radical (unpaired) electrons. The van der Waals surface area contributed by atoms with E-state index in [2.05, 4.69) is 9.97 Å². The van der Waals surface area contributed by atoms with Crippen molar-refractivity contribution in [1.82, 2.24) is 14.9 Å². The van der Waals surface area contributed by atoms with Gasteiger partial charge < -0.3 is 9.88 Å². The number of hydrogen-bond acceptors (Lipinski definition) is 3. The summed E-state index contributed by atoms with van der Waals surface area (Å²) in [5, 5.41) is 0. The first kappa shape index (κ1) is 15.3. The van der Waals surface area contributed by atoms with Gasteiger partial charge in [-0.05, 0) is 37.1 Å². The molecule has 3 rings (SSSR count). The molecule has 1 aliphatic heterocycles. The SMILES string of the molecule is O=C(c1cc(F)ccc1F)N1CCC[C@H](c2ccnc(=O)[nH]2)C1. The number of likely N-dealkylation sites (tertiary alicyclic amines) is 1. The van der Waals surface area contributed by atoms with E-state index in [-0.39, 0.29) is 11.5 Å². The summed E-state index contributed by atoms with van der Waals surface area (Å²) in [7, 11) is 0. The Morgan fingerprint density at radius 3 is 2.91 bits per heavy atom. The van der Waals surface area contributed by atoms with Crippen LogP contribution in [-0.4, -0.2) is 33.9 Å². The van der Waals surface area contributed by atoms with Crippen molar-refractivity contribution in [3.63, 3.8) is 0 Å². The number of hydrogen-bond donors (Lipinski definition) is 1. The normalized spacial score (nSPS) is 18.0. The summed E-state index contributed by atoms with van der Waals surface area (Å²) in [4.78, 5) is 31.5. The average molecular weight is 319 g/mol. The summed E-state index contributed by atoms with van der Waals surface area (Å²) < 4.78 is 27.1. The fourth-order valence-corrected chi connectivity index (χ4v) is 2.87. The van der Waals surface area contributed by atoms with Crippen molar-refractivity contribution in [3.05, 3.63) is 63.8 Å². The number of H-pyrrole nitrogens is 1. The number of amides is 1. The van der Waals surface area contributed by atoms with Crippen LogP contribution in [0.2, 0.25) is 0 Å². The Hall–Kier alpha value is -2.57. The maximum absolute atomic E-state index is 13.8. The molecular weight excluding hydrogens is 304 g/mol. The summed E-state index contributed by atoms with van der Waals surface area (Å²) in [6, 6.07) is 4.54. The minimum absolute atomic E-state index is 0.0555. The smallest absolute Gasteiger partial charge is 0.338 e. The molecule has 2 aromatic rings. The predicted octanol–water partition coefficient (Wildman–Crippen LogP) is 2.07. The summed E-state index contributed by atoms with van der Waals surface area (Å²) >= 11 is 0. The lowest BCUT2D eigenvalue weighted by Crippen LogP contribution is -2.40. The second-order valence-corrected chi connectivity index (χ2v) is 5.54. The minimum Gasteiger partial charge on any atom is -0.338 e. The van der Waals surface area contributed by atoms with Crippen LogP contribution in [0.1, 0.15) is 34.8 Å². The zero-order chi connectivity index (χ0) is 16.4. The molecule has 1 aromatic heterocycles. The molecular formula is C16H15F2N3O2. The van der Waals surface area contributed by atoms with Crippen molar-refractivity contribution in [3.8, 4) is 0 Å². The summed E-state index contributed by atoms with van der Waals surface area (Å²) in [5.74, 6) is -1.99. The molecule has 0 spiro atoms. The van der Waals surface area contributed by atoms with E-state index < -0.39 is 23.2 Å². The first-order valence-corrected chi connectivity index (χ1v) is 7.34. The van der Waals surface area contributed by atoms with Gasteiger partial charge in [0.25, 0.3) is 5.91 Å². The van der Waals surface area contributed by atoms with E-state index in [1.165, 1.54) is 11.1 Å². The predicted molar refractivity (Wildman–Crippen MR) is 79.1 cm³/mol. The Balaban J connectivity index is 1.82. The van der Waals surface area contributed by atoms with Gasteiger partial charge in [0, 0.05) is 30.9 Å². The van der Waals surface area contributed by atoms with Crippen molar-refractivity contribution in [2.45, 2.75) is 18.8 Å². The zero-order valence-corrected chi connectivity index (χ0v) is 12.3. The number of aromatic nitrogens is 2. The van der Waals surface area contributed by atoms with Gasteiger partial charge in [-0.2, -0.15) is 0 Å². The third kappa shape index (κ3) is 3.28. The lowest BCUT2D eigenvalue weighted by molar-refractivity contribution is 0.0700. The van der Waals surface area contributed by atoms with E-state index in [4.69, 9.17) is 0 Å². The van der Waals surface area contributed by atoms with Gasteiger partial charge in [0.2, 0.25) is 0 Å². The standard InChI is InChI=1S/C16H15F2N3O2/c17-11-3-4-13(18)12(8-11)15(22)21-7-1-2-10(9-21)14-5-6-19-16(23)20-14/h3-6,8,10H,1-2,7,9H2,(H,19,20,23)/t10-/m0/s1. The topological polar surface area (TPSA) is 66.1 Å². The summed E-state index contributed by atoms with van der Waals surface area (Å²) in [6.45, 7) is 0.815. The van der Waals surface area contributed by atoms with Gasteiger partial charge in [0.05, 0.1) is 5.56 Å². The van der Waals surface area contributed by atoms with Crippen LogP contribution in [0.25, 0.3) is 0 Å². The van der Waals surface area contributed by atoms with Gasteiger partial charge in [0.15, 0.2) is 0 Å². The highest BCUT2D eigenvalue weighted by molar-refractivity contribution is 5.94. The zero-order valence-electron chi connectivity index (χ0n) is 12.3. The molecule has 120 valence electrons. The number of benzene rings is 1. The van der Waals surface area contributed by atoms with Crippen molar-refractivity contribution in [2.75, 3.05) is 13.1 Å². The Kier molecular flexibility index (Phi) is 4.18. The third-order valence-corrected chi connectivity index (χ3v) is 4.00. The number of carbonyl (C=O) groups is 1. The summed E-state index contributed by atoms with van der Waals surface area (Å²) in [6.07, 6.45) is 2.94. The van der Waals surface area contributed by atoms with Crippen LogP contribution in [0, 0.1) is 11.6 Å². The molecule has 0 bridgehead atoms. The number of aromatic amines is 1. The molecule has 7 heteroatoms. The first-order chi connectivity index (χ1) is 11.0. The number of piperidine rings is 1. The fraction of sp³-hybridized carbons (Fsp3) is 0.312. The van der Waals surface area contributed by atoms with Gasteiger partial charge >= 0.3 is 5.69 Å². The minimum atomic E-state index is -0.740. The van der Waals surface area contributed by atoms with Crippen LogP contribution >= 0.6 is 0 Å². The van der Waals surface area contributed by atoms with Crippen LogP contribution in [-0.2, 0) is 0 Å². The van der Waals surface area contributed by atoms with E-state index >= 15 is 0 Å². The quantitative estimate of drug-likeness (QED) is 0.921. The van der Waals surface area contributed by atoms with Gasteiger partial charge in [-0.1, -0.05) is 0 Å². The molecule has 1 aromatic carbocycles. The maximum Gasteiger partial charge on any atom is 0.345 e. The Morgan fingerprint density at radius 1 is 1.30 bits per heavy atom. The molecule has 1 amide bonds. The van der Waals surface area contributed by atoms with Crippen molar-refractivity contribution in [2.24, 2.45) is 0 Å². The molecule has 23 heavy (non-hydrogen) atoms. The van der Waals surface area contributed by atoms with Crippen LogP contribution < -0.4 is 5.69 Å². The van der Waals surface area contributed by atoms with Gasteiger partial charge in [0.1, 0.15) is 11.6 Å². The number of rotatable bonds is 2. The Labute approximate surface area is 131 Å². The molecule has 1 saturated heterocycles. The Morgan fingerprint density at radius 2 is 2.13 bits per heavy atom. The lowest BCUT2D eigenvalue weighted by Gasteiger charge is -2.32. The molecule has 5 nitrogen and oxygen atoms in total. The van der Waals surface area contributed by atoms with Crippen LogP contribution in [0.3, 0.4) is 0 Å². The van der Waals surface area contributed by atoms with E-state index in [1.54, 1.807) is 6.07 Å². The Bertz CT molecular complexity index is 791. The molecule has 1 fully saturated rings. The third-order valence-electron chi connectivity index (χ3n) is 4.00. The van der Waals surface area contributed by atoms with E-state index in [0.717, 1.165) is 31.0 Å². The van der Waals surface area contributed by atoms with E-state index in [1.807, 2.05) is 0 Å². The van der Waals surface area contributed by atoms with Gasteiger partial charge in [-0.25, -0.2) is 18.6 Å². The maximum atomic E-state index is 13.8. The van der Waals surface area contributed by atoms with Gasteiger partial charge in [-0.15, -0.1) is 0 Å². The van der Waals surface area contributed by atoms with E-state index in [0.29, 0.717) is 18.8 Å². The van der Waals surface area contributed by atoms with Crippen molar-refractivity contribution in [1.29, 1.82) is 0 Å². The molecule has 0 saturated carbocycles. The van der Waals surface area contributed by atoms with Crippen molar-refractivity contribution < 1.29 is 13.6 Å². The first-order valence-electron chi connectivity index (χ1n) is 7.34. The number of carbonyl (C=O) groups excluding carboxylic acids is 1. The summed E-state index contributed by atoms with van der Waals surface area (Å²) in [5.41, 5.74) is -0.0155. The van der Waals surface area contributed by atoms with E-state index in [9.17, 15) is 18.4 Å². The fourth-order valence-electron chi connectivity index (χ4n) is 2.87. The van der Waals surface area contributed by atoms with Crippen LogP contribution in [0.15, 0.2) is 35.3 Å². The van der Waals surface area contributed by atoms with Gasteiger partial charge in [-0.3, -0.25) is 4.79 Å². The lowest BCUT2D eigenvalue weighted by atomic mass is 9.94. The molecule has 1 N–H and O–H groups in total. The van der Waals surface area contributed by atoms with Crippen molar-refractivity contribution >= 4 is 5.91 Å². The number of nitrogens with zero attached hydrogens (tertiary/aromatic N) is 2. The monoisotopic (exact) mass is 319 g/mol. The highest BCUT2D eigenvalue weighted by Gasteiger charge is 2.27. The van der Waals surface area contributed by atoms with Crippen LogP contribution in [0.5, 0.6) is 0 Å². The molecule has 0 aliphatic carbocycles. The second kappa shape index (κ2) is 6.28. The van der Waals surface area contributed by atoms with Crippen LogP contribution in [0.4, 0.5) is 8.78 Å². The number of halogens is 2. The molecule has 1 aliphatic rings. The average Bonchev–Trinajstić information content (AvgIpc) is 2.56. The second-order valence-electron chi connectivity index (χ2n) is 5.54. The molecule has 1 atom stereocenters.